The van der Waals surface area contributed by atoms with Crippen molar-refractivity contribution in [3.63, 3.8) is 0 Å². The molecule has 24 heavy (non-hydrogen) atoms. The number of hydrogen-bond acceptors (Lipinski definition) is 5. The number of nitrogens with zero attached hydrogens (tertiary/aromatic N) is 1. The van der Waals surface area contributed by atoms with Gasteiger partial charge in [-0.2, -0.15) is 0 Å². The summed E-state index contributed by atoms with van der Waals surface area (Å²) < 4.78 is 6.05. The van der Waals surface area contributed by atoms with Gasteiger partial charge in [0.1, 0.15) is 11.5 Å². The third kappa shape index (κ3) is 4.06. The third-order valence-electron chi connectivity index (χ3n) is 4.30. The van der Waals surface area contributed by atoms with E-state index in [1.807, 2.05) is 43.4 Å². The van der Waals surface area contributed by atoms with Gasteiger partial charge in [-0.15, -0.1) is 0 Å². The van der Waals surface area contributed by atoms with Crippen LogP contribution >= 0.6 is 0 Å². The highest BCUT2D eigenvalue weighted by Crippen LogP contribution is 2.32. The number of anilines is 1. The summed E-state index contributed by atoms with van der Waals surface area (Å²) >= 11 is 0. The molecule has 128 valence electrons. The standard InChI is InChI=1S/C19H25N3O2/c1-21-11-16(23)13-22-9-8-18-14(12-22)4-2-7-19(18)24-17-6-3-5-15(20)10-17/h2-7,10,16,21,23H,8-9,11-13,20H2,1H3. The molecule has 0 saturated carbocycles. The molecular formula is C19H25N3O2. The summed E-state index contributed by atoms with van der Waals surface area (Å²) in [5, 5.41) is 13.0. The van der Waals surface area contributed by atoms with Gasteiger partial charge < -0.3 is 20.9 Å². The van der Waals surface area contributed by atoms with Gasteiger partial charge >= 0.3 is 0 Å². The summed E-state index contributed by atoms with van der Waals surface area (Å²) in [6.07, 6.45) is 0.573. The molecule has 1 aliphatic heterocycles. The van der Waals surface area contributed by atoms with Crippen LogP contribution in [0.15, 0.2) is 42.5 Å². The molecule has 3 rings (SSSR count). The summed E-state index contributed by atoms with van der Waals surface area (Å²) in [4.78, 5) is 2.29. The molecule has 0 aliphatic carbocycles. The van der Waals surface area contributed by atoms with Gasteiger partial charge in [0.2, 0.25) is 0 Å². The number of ether oxygens (including phenoxy) is 1. The van der Waals surface area contributed by atoms with E-state index in [0.29, 0.717) is 18.8 Å². The van der Waals surface area contributed by atoms with Crippen LogP contribution in [-0.2, 0) is 13.0 Å². The number of β-amino-alcohol motifs (C(OH)–C–C–N with tert-alkyl or cyclic N) is 1. The molecule has 0 fully saturated rings. The number of nitrogens with two attached hydrogens (primary N) is 1. The Kier molecular flexibility index (Phi) is 5.35. The molecule has 0 amide bonds. The molecule has 0 bridgehead atoms. The van der Waals surface area contributed by atoms with E-state index in [2.05, 4.69) is 16.3 Å². The van der Waals surface area contributed by atoms with E-state index >= 15 is 0 Å². The van der Waals surface area contributed by atoms with E-state index in [1.54, 1.807) is 0 Å². The smallest absolute Gasteiger partial charge is 0.130 e. The van der Waals surface area contributed by atoms with E-state index < -0.39 is 0 Å². The minimum absolute atomic E-state index is 0.344. The van der Waals surface area contributed by atoms with E-state index in [-0.39, 0.29) is 6.10 Å². The normalized spacial score (nSPS) is 15.8. The zero-order valence-electron chi connectivity index (χ0n) is 14.0. The van der Waals surface area contributed by atoms with Crippen LogP contribution in [0.1, 0.15) is 11.1 Å². The molecule has 4 N–H and O–H groups in total. The Bertz CT molecular complexity index is 690. The van der Waals surface area contributed by atoms with Gasteiger partial charge in [0.05, 0.1) is 6.10 Å². The van der Waals surface area contributed by atoms with Crippen LogP contribution in [0.3, 0.4) is 0 Å². The Morgan fingerprint density at radius 3 is 2.92 bits per heavy atom. The molecule has 2 aromatic carbocycles. The summed E-state index contributed by atoms with van der Waals surface area (Å²) in [5.41, 5.74) is 9.03. The van der Waals surface area contributed by atoms with Crippen molar-refractivity contribution in [2.75, 3.05) is 32.4 Å². The predicted octanol–water partition coefficient (Wildman–Crippen LogP) is 2.00. The van der Waals surface area contributed by atoms with Crippen molar-refractivity contribution in [2.45, 2.75) is 19.1 Å². The first-order valence-electron chi connectivity index (χ1n) is 8.35. The van der Waals surface area contributed by atoms with Crippen LogP contribution in [0.4, 0.5) is 5.69 Å². The minimum Gasteiger partial charge on any atom is -0.457 e. The molecular weight excluding hydrogens is 302 g/mol. The SMILES string of the molecule is CNCC(O)CN1CCc2c(cccc2Oc2cccc(N)c2)C1. The lowest BCUT2D eigenvalue weighted by atomic mass is 9.98. The van der Waals surface area contributed by atoms with Crippen molar-refractivity contribution in [1.82, 2.24) is 10.2 Å². The van der Waals surface area contributed by atoms with E-state index in [1.165, 1.54) is 11.1 Å². The molecule has 5 nitrogen and oxygen atoms in total. The molecule has 0 spiro atoms. The van der Waals surface area contributed by atoms with Crippen molar-refractivity contribution >= 4 is 5.69 Å². The van der Waals surface area contributed by atoms with Gasteiger partial charge in [-0.1, -0.05) is 18.2 Å². The third-order valence-corrected chi connectivity index (χ3v) is 4.30. The number of aliphatic hydroxyl groups excluding tert-OH is 1. The van der Waals surface area contributed by atoms with Gasteiger partial charge in [0, 0.05) is 43.5 Å². The highest BCUT2D eigenvalue weighted by atomic mass is 16.5. The topological polar surface area (TPSA) is 70.8 Å². The predicted molar refractivity (Wildman–Crippen MR) is 96.3 cm³/mol. The van der Waals surface area contributed by atoms with Crippen LogP contribution in [0, 0.1) is 0 Å². The Morgan fingerprint density at radius 1 is 1.29 bits per heavy atom. The average molecular weight is 327 g/mol. The van der Waals surface area contributed by atoms with Crippen molar-refractivity contribution in [2.24, 2.45) is 0 Å². The van der Waals surface area contributed by atoms with Gasteiger partial charge in [0.25, 0.3) is 0 Å². The fourth-order valence-electron chi connectivity index (χ4n) is 3.19. The minimum atomic E-state index is -0.344. The molecule has 1 atom stereocenters. The van der Waals surface area contributed by atoms with Crippen LogP contribution in [0.2, 0.25) is 0 Å². The van der Waals surface area contributed by atoms with Crippen LogP contribution in [0.5, 0.6) is 11.5 Å². The number of nitrogen functional groups attached to an aromatic ring is 1. The number of nitrogens with one attached hydrogen (secondary N) is 1. The summed E-state index contributed by atoms with van der Waals surface area (Å²) in [5.74, 6) is 1.66. The maximum absolute atomic E-state index is 9.98. The van der Waals surface area contributed by atoms with Gasteiger partial charge in [-0.25, -0.2) is 0 Å². The molecule has 0 aromatic heterocycles. The van der Waals surface area contributed by atoms with Crippen molar-refractivity contribution < 1.29 is 9.84 Å². The maximum Gasteiger partial charge on any atom is 0.130 e. The number of likely N-dealkylation sites (N-methyl/N-ethyl adjacent to an activating group) is 1. The van der Waals surface area contributed by atoms with Gasteiger partial charge in [-0.05, 0) is 37.2 Å². The van der Waals surface area contributed by atoms with Crippen molar-refractivity contribution in [3.05, 3.63) is 53.6 Å². The Balaban J connectivity index is 1.72. The quantitative estimate of drug-likeness (QED) is 0.708. The summed E-state index contributed by atoms with van der Waals surface area (Å²) in [6, 6.07) is 13.7. The molecule has 2 aromatic rings. The zero-order valence-corrected chi connectivity index (χ0v) is 14.0. The number of aliphatic hydroxyl groups is 1. The zero-order chi connectivity index (χ0) is 16.9. The highest BCUT2D eigenvalue weighted by Gasteiger charge is 2.21. The van der Waals surface area contributed by atoms with Gasteiger partial charge in [-0.3, -0.25) is 4.90 Å². The van der Waals surface area contributed by atoms with Crippen molar-refractivity contribution in [1.29, 1.82) is 0 Å². The van der Waals surface area contributed by atoms with Gasteiger partial charge in [0.15, 0.2) is 0 Å². The number of hydrogen-bond donors (Lipinski definition) is 3. The Morgan fingerprint density at radius 2 is 2.12 bits per heavy atom. The van der Waals surface area contributed by atoms with Crippen molar-refractivity contribution in [3.8, 4) is 11.5 Å². The first-order valence-corrected chi connectivity index (χ1v) is 8.35. The summed E-state index contributed by atoms with van der Waals surface area (Å²) in [6.45, 7) is 3.05. The molecule has 1 aliphatic rings. The maximum atomic E-state index is 9.98. The highest BCUT2D eigenvalue weighted by molar-refractivity contribution is 5.48. The van der Waals surface area contributed by atoms with E-state index in [9.17, 15) is 5.11 Å². The molecule has 0 radical (unpaired) electrons. The monoisotopic (exact) mass is 327 g/mol. The number of rotatable bonds is 6. The second kappa shape index (κ2) is 7.66. The number of benzene rings is 2. The van der Waals surface area contributed by atoms with Crippen LogP contribution in [-0.4, -0.2) is 42.8 Å². The second-order valence-electron chi connectivity index (χ2n) is 6.26. The molecule has 1 heterocycles. The lowest BCUT2D eigenvalue weighted by molar-refractivity contribution is 0.106. The fraction of sp³-hybridized carbons (Fsp3) is 0.368. The largest absolute Gasteiger partial charge is 0.457 e. The van der Waals surface area contributed by atoms with E-state index in [0.717, 1.165) is 31.0 Å². The lowest BCUT2D eigenvalue weighted by Crippen LogP contribution is -2.40. The number of fused-ring (bicyclic) bond motifs is 1. The summed E-state index contributed by atoms with van der Waals surface area (Å²) in [7, 11) is 1.86. The fourth-order valence-corrected chi connectivity index (χ4v) is 3.19. The lowest BCUT2D eigenvalue weighted by Gasteiger charge is -2.31. The average Bonchev–Trinajstić information content (AvgIpc) is 2.55. The van der Waals surface area contributed by atoms with Crippen LogP contribution < -0.4 is 15.8 Å². The Labute approximate surface area is 143 Å². The van der Waals surface area contributed by atoms with E-state index in [4.69, 9.17) is 10.5 Å². The molecule has 5 heteroatoms. The van der Waals surface area contributed by atoms with Crippen LogP contribution in [0.25, 0.3) is 0 Å². The first-order chi connectivity index (χ1) is 11.7. The Hall–Kier alpha value is -2.08. The molecule has 0 saturated heterocycles. The second-order valence-corrected chi connectivity index (χ2v) is 6.26. The molecule has 1 unspecified atom stereocenters. The first kappa shape index (κ1) is 16.8.